The fourth-order valence-corrected chi connectivity index (χ4v) is 4.52. The number of rotatable bonds is 13. The maximum absolute atomic E-state index is 14.2. The van der Waals surface area contributed by atoms with Gasteiger partial charge in [0.25, 0.3) is 5.91 Å². The lowest BCUT2D eigenvalue weighted by molar-refractivity contribution is -0.461. The van der Waals surface area contributed by atoms with Crippen LogP contribution >= 0.6 is 69.6 Å². The summed E-state index contributed by atoms with van der Waals surface area (Å²) >= 11 is 35.0. The Balaban J connectivity index is 1.71. The highest BCUT2D eigenvalue weighted by Crippen LogP contribution is 2.64. The molecule has 0 spiro atoms. The van der Waals surface area contributed by atoms with Crippen molar-refractivity contribution in [3.63, 3.8) is 0 Å². The van der Waals surface area contributed by atoms with Gasteiger partial charge in [0, 0.05) is 16.8 Å². The molecule has 1 amide bonds. The lowest BCUT2D eigenvalue weighted by Crippen LogP contribution is -2.74. The number of hydrogen-bond donors (Lipinski definition) is 1. The fraction of sp³-hybridized carbons (Fsp3) is 0.429. The number of nitrogens with zero attached hydrogens (tertiary/aromatic N) is 3. The molecule has 0 aliphatic heterocycles. The molecular weight excluding hydrogens is 960 g/mol. The minimum atomic E-state index is -8.72. The zero-order valence-corrected chi connectivity index (χ0v) is 30.9. The first kappa shape index (κ1) is 48.6. The van der Waals surface area contributed by atoms with Crippen molar-refractivity contribution < 1.29 is 84.2 Å². The van der Waals surface area contributed by atoms with Gasteiger partial charge in [-0.3, -0.25) is 4.79 Å². The zero-order valence-electron chi connectivity index (χ0n) is 26.4. The van der Waals surface area contributed by atoms with Gasteiger partial charge in [-0.1, -0.05) is 69.6 Å². The monoisotopic (exact) mass is 970 g/mol. The molecule has 3 rings (SSSR count). The lowest BCUT2D eigenvalue weighted by Gasteiger charge is -2.42. The van der Waals surface area contributed by atoms with E-state index in [0.717, 1.165) is 24.3 Å². The summed E-state index contributed by atoms with van der Waals surface area (Å²) in [5.41, 5.74) is 0.0901. The summed E-state index contributed by atoms with van der Waals surface area (Å²) in [6.45, 7) is -1.87. The molecule has 2 aromatic carbocycles. The van der Waals surface area contributed by atoms with Crippen molar-refractivity contribution in [2.75, 3.05) is 11.9 Å². The standard InChI is InChI=1S/C28H13Cl6F17N4O2/c29-20(30,31)17-53-15(54-18(55-17)21(32,33)34)11-1-5-13(6-2-11)52-16(56)12-3-7-14(8-4-12)57-10-9-19(35,36)22(37,38)23(39,40)24(41,42)25(43,44)26(45,46)27(47,48)28(49,50)51/h1-8H,9-10H2,(H,52,56). The molecule has 0 saturated heterocycles. The van der Waals surface area contributed by atoms with E-state index in [2.05, 4.69) is 25.0 Å². The first-order valence-corrected chi connectivity index (χ1v) is 16.4. The van der Waals surface area contributed by atoms with E-state index in [1.165, 1.54) is 24.3 Å². The molecule has 1 aromatic heterocycles. The first-order chi connectivity index (χ1) is 25.4. The van der Waals surface area contributed by atoms with Gasteiger partial charge in [0.2, 0.25) is 7.59 Å². The van der Waals surface area contributed by atoms with Crippen molar-refractivity contribution in [3.05, 3.63) is 65.7 Å². The summed E-state index contributed by atoms with van der Waals surface area (Å²) in [7, 11) is 0. The third-order valence-electron chi connectivity index (χ3n) is 7.13. The van der Waals surface area contributed by atoms with Crippen LogP contribution in [-0.4, -0.2) is 75.1 Å². The summed E-state index contributed by atoms with van der Waals surface area (Å²) < 4.78 is 229. The highest BCUT2D eigenvalue weighted by atomic mass is 35.6. The summed E-state index contributed by atoms with van der Waals surface area (Å²) in [6, 6.07) is 8.67. The molecule has 6 nitrogen and oxygen atoms in total. The number of nitrogens with one attached hydrogen (secondary N) is 1. The van der Waals surface area contributed by atoms with Gasteiger partial charge in [-0.15, -0.1) is 0 Å². The van der Waals surface area contributed by atoms with Gasteiger partial charge in [0.05, 0.1) is 13.0 Å². The van der Waals surface area contributed by atoms with Gasteiger partial charge in [-0.05, 0) is 48.5 Å². The molecule has 0 aliphatic rings. The molecule has 0 unspecified atom stereocenters. The van der Waals surface area contributed by atoms with Gasteiger partial charge < -0.3 is 10.1 Å². The van der Waals surface area contributed by atoms with E-state index < -0.39 is 91.6 Å². The largest absolute Gasteiger partial charge is 0.493 e. The Bertz CT molecular complexity index is 1890. The van der Waals surface area contributed by atoms with Crippen LogP contribution in [0.2, 0.25) is 0 Å². The third-order valence-corrected chi connectivity index (χ3v) is 8.15. The Morgan fingerprint density at radius 2 is 0.947 bits per heavy atom. The molecule has 1 N–H and O–H groups in total. The predicted octanol–water partition coefficient (Wildman–Crippen LogP) is 12.2. The van der Waals surface area contributed by atoms with Crippen molar-refractivity contribution in [1.82, 2.24) is 15.0 Å². The molecule has 0 bridgehead atoms. The zero-order chi connectivity index (χ0) is 44.2. The Morgan fingerprint density at radius 1 is 0.544 bits per heavy atom. The predicted molar refractivity (Wildman–Crippen MR) is 169 cm³/mol. The number of alkyl halides is 23. The maximum Gasteiger partial charge on any atom is 0.460 e. The molecule has 1 heterocycles. The maximum atomic E-state index is 14.2. The van der Waals surface area contributed by atoms with Crippen molar-refractivity contribution in [2.45, 2.75) is 61.6 Å². The molecule has 0 radical (unpaired) electrons. The Morgan fingerprint density at radius 3 is 1.35 bits per heavy atom. The third kappa shape index (κ3) is 9.21. The SMILES string of the molecule is O=C(Nc1ccc(-c2nc(C(Cl)(Cl)Cl)nc(C(Cl)(Cl)Cl)n2)cc1)c1ccc(OCCC(F)(F)C(F)(F)C(F)(F)C(F)(F)C(F)(F)C(F)(F)C(F)(F)C(F)(F)F)cc1. The molecular formula is C28H13Cl6F17N4O2. The Hall–Kier alpha value is -2.73. The molecule has 0 atom stereocenters. The van der Waals surface area contributed by atoms with Crippen LogP contribution in [0.25, 0.3) is 11.4 Å². The fourth-order valence-electron chi connectivity index (χ4n) is 4.02. The summed E-state index contributed by atoms with van der Waals surface area (Å²) in [5.74, 6) is -59.6. The van der Waals surface area contributed by atoms with Gasteiger partial charge in [-0.25, -0.2) is 15.0 Å². The van der Waals surface area contributed by atoms with Crippen LogP contribution in [0.5, 0.6) is 5.75 Å². The normalized spacial score (nSPS) is 14.4. The minimum Gasteiger partial charge on any atom is -0.493 e. The van der Waals surface area contributed by atoms with Gasteiger partial charge >= 0.3 is 47.6 Å². The number of halogens is 23. The number of hydrogen-bond acceptors (Lipinski definition) is 5. The summed E-state index contributed by atoms with van der Waals surface area (Å²) in [5, 5.41) is 2.40. The number of carbonyl (C=O) groups is 1. The Labute approximate surface area is 335 Å². The van der Waals surface area contributed by atoms with E-state index in [0.29, 0.717) is 0 Å². The number of benzene rings is 2. The summed E-state index contributed by atoms with van der Waals surface area (Å²) in [6.07, 6.45) is -10.6. The van der Waals surface area contributed by atoms with Crippen molar-refractivity contribution >= 4 is 81.2 Å². The van der Waals surface area contributed by atoms with E-state index in [1.807, 2.05) is 0 Å². The second kappa shape index (κ2) is 15.7. The van der Waals surface area contributed by atoms with Gasteiger partial charge in [-0.2, -0.15) is 74.6 Å². The number of carbonyl (C=O) groups excluding carboxylic acids is 1. The van der Waals surface area contributed by atoms with Crippen molar-refractivity contribution in [3.8, 4) is 17.1 Å². The van der Waals surface area contributed by atoms with Crippen LogP contribution in [0.15, 0.2) is 48.5 Å². The number of anilines is 1. The average molecular weight is 973 g/mol. The summed E-state index contributed by atoms with van der Waals surface area (Å²) in [4.78, 5) is 24.4. The second-order valence-electron chi connectivity index (χ2n) is 11.1. The highest BCUT2D eigenvalue weighted by molar-refractivity contribution is 6.67. The molecule has 318 valence electrons. The van der Waals surface area contributed by atoms with Crippen LogP contribution in [0.4, 0.5) is 80.3 Å². The van der Waals surface area contributed by atoms with Crippen LogP contribution in [0.3, 0.4) is 0 Å². The first-order valence-electron chi connectivity index (χ1n) is 14.1. The molecule has 3 aromatic rings. The Kier molecular flexibility index (Phi) is 13.4. The van der Waals surface area contributed by atoms with Crippen molar-refractivity contribution in [1.29, 1.82) is 0 Å². The molecule has 0 saturated carbocycles. The minimum absolute atomic E-state index is 0.0995. The molecule has 57 heavy (non-hydrogen) atoms. The molecule has 29 heteroatoms. The topological polar surface area (TPSA) is 77.0 Å². The van der Waals surface area contributed by atoms with Crippen LogP contribution in [-0.2, 0) is 7.59 Å². The smallest absolute Gasteiger partial charge is 0.460 e. The van der Waals surface area contributed by atoms with Crippen LogP contribution in [0, 0.1) is 0 Å². The average Bonchev–Trinajstić information content (AvgIpc) is 3.06. The second-order valence-corrected chi connectivity index (χ2v) is 15.7. The van der Waals surface area contributed by atoms with E-state index in [-0.39, 0.29) is 22.6 Å². The van der Waals surface area contributed by atoms with Gasteiger partial charge in [0.1, 0.15) is 5.75 Å². The van der Waals surface area contributed by atoms with E-state index in [4.69, 9.17) is 69.6 Å². The quantitative estimate of drug-likeness (QED) is 0.136. The number of aromatic nitrogens is 3. The molecule has 0 aliphatic carbocycles. The van der Waals surface area contributed by atoms with Crippen LogP contribution < -0.4 is 10.1 Å². The molecule has 0 fully saturated rings. The van der Waals surface area contributed by atoms with Gasteiger partial charge in [0.15, 0.2) is 17.5 Å². The number of amides is 1. The number of ether oxygens (including phenoxy) is 1. The van der Waals surface area contributed by atoms with E-state index >= 15 is 0 Å². The van der Waals surface area contributed by atoms with E-state index in [9.17, 15) is 79.4 Å². The van der Waals surface area contributed by atoms with Crippen LogP contribution in [0.1, 0.15) is 28.4 Å². The van der Waals surface area contributed by atoms with E-state index in [1.54, 1.807) is 0 Å². The highest BCUT2D eigenvalue weighted by Gasteiger charge is 2.95. The van der Waals surface area contributed by atoms with Crippen molar-refractivity contribution in [2.24, 2.45) is 0 Å². The lowest BCUT2D eigenvalue weighted by atomic mass is 9.88.